The van der Waals surface area contributed by atoms with Crippen LogP contribution in [-0.4, -0.2) is 24.0 Å². The van der Waals surface area contributed by atoms with Gasteiger partial charge in [-0.2, -0.15) is 0 Å². The van der Waals surface area contributed by atoms with Crippen LogP contribution in [-0.2, 0) is 13.0 Å². The van der Waals surface area contributed by atoms with E-state index in [1.165, 1.54) is 5.56 Å². The van der Waals surface area contributed by atoms with Crippen LogP contribution in [0.25, 0.3) is 0 Å². The molecule has 2 aromatic rings. The van der Waals surface area contributed by atoms with E-state index in [4.69, 9.17) is 0 Å². The van der Waals surface area contributed by atoms with Crippen molar-refractivity contribution in [2.75, 3.05) is 13.1 Å². The van der Waals surface area contributed by atoms with Crippen molar-refractivity contribution in [2.45, 2.75) is 26.8 Å². The Labute approximate surface area is 132 Å². The molecule has 116 valence electrons. The molecule has 1 aromatic heterocycles. The van der Waals surface area contributed by atoms with Crippen LogP contribution in [0.4, 0.5) is 0 Å². The molecule has 4 heteroatoms. The number of aryl methyl sites for hydroxylation is 1. The Balaban J connectivity index is 1.87. The van der Waals surface area contributed by atoms with Gasteiger partial charge < -0.3 is 10.6 Å². The third-order valence-electron chi connectivity index (χ3n) is 3.24. The smallest absolute Gasteiger partial charge is 0.191 e. The van der Waals surface area contributed by atoms with Crippen molar-refractivity contribution < 1.29 is 0 Å². The molecule has 0 radical (unpaired) electrons. The van der Waals surface area contributed by atoms with Gasteiger partial charge in [0.05, 0.1) is 12.2 Å². The average Bonchev–Trinajstić information content (AvgIpc) is 2.54. The van der Waals surface area contributed by atoms with Crippen LogP contribution in [0.2, 0.25) is 0 Å². The monoisotopic (exact) mass is 296 g/mol. The highest BCUT2D eigenvalue weighted by Crippen LogP contribution is 2.00. The molecule has 0 saturated heterocycles. The Morgan fingerprint density at radius 2 is 1.86 bits per heavy atom. The third kappa shape index (κ3) is 5.56. The number of nitrogens with zero attached hydrogens (tertiary/aromatic N) is 2. The van der Waals surface area contributed by atoms with Crippen LogP contribution >= 0.6 is 0 Å². The first kappa shape index (κ1) is 16.0. The van der Waals surface area contributed by atoms with Gasteiger partial charge in [0.25, 0.3) is 0 Å². The van der Waals surface area contributed by atoms with Crippen molar-refractivity contribution in [3.8, 4) is 0 Å². The minimum absolute atomic E-state index is 0.586. The van der Waals surface area contributed by atoms with Crippen molar-refractivity contribution in [2.24, 2.45) is 4.99 Å². The molecule has 0 amide bonds. The Bertz CT molecular complexity index is 593. The third-order valence-corrected chi connectivity index (χ3v) is 3.24. The molecular weight excluding hydrogens is 272 g/mol. The van der Waals surface area contributed by atoms with Gasteiger partial charge >= 0.3 is 0 Å². The maximum Gasteiger partial charge on any atom is 0.191 e. The lowest BCUT2D eigenvalue weighted by Crippen LogP contribution is -2.38. The second-order valence-electron chi connectivity index (χ2n) is 5.13. The van der Waals surface area contributed by atoms with E-state index in [1.54, 1.807) is 0 Å². The topological polar surface area (TPSA) is 49.3 Å². The summed E-state index contributed by atoms with van der Waals surface area (Å²) in [5, 5.41) is 6.63. The number of guanidine groups is 1. The van der Waals surface area contributed by atoms with Gasteiger partial charge in [0, 0.05) is 18.8 Å². The number of rotatable bonds is 6. The van der Waals surface area contributed by atoms with E-state index in [2.05, 4.69) is 51.8 Å². The number of aliphatic imine (C=N–C) groups is 1. The fourth-order valence-electron chi connectivity index (χ4n) is 2.16. The fourth-order valence-corrected chi connectivity index (χ4v) is 2.16. The van der Waals surface area contributed by atoms with Crippen molar-refractivity contribution >= 4 is 5.96 Å². The molecule has 0 spiro atoms. The largest absolute Gasteiger partial charge is 0.357 e. The maximum absolute atomic E-state index is 4.59. The lowest BCUT2D eigenvalue weighted by atomic mass is 10.1. The Morgan fingerprint density at radius 1 is 1.05 bits per heavy atom. The van der Waals surface area contributed by atoms with E-state index in [-0.39, 0.29) is 0 Å². The first-order valence-corrected chi connectivity index (χ1v) is 7.76. The number of pyridine rings is 1. The Morgan fingerprint density at radius 3 is 2.59 bits per heavy atom. The summed E-state index contributed by atoms with van der Waals surface area (Å²) in [6.07, 6.45) is 0.980. The van der Waals surface area contributed by atoms with Crippen LogP contribution < -0.4 is 10.6 Å². The molecule has 0 aliphatic rings. The average molecular weight is 296 g/mol. The van der Waals surface area contributed by atoms with E-state index in [0.29, 0.717) is 6.54 Å². The number of hydrogen-bond acceptors (Lipinski definition) is 2. The Kier molecular flexibility index (Phi) is 6.42. The van der Waals surface area contributed by atoms with Gasteiger partial charge in [-0.15, -0.1) is 0 Å². The first-order chi connectivity index (χ1) is 10.8. The first-order valence-electron chi connectivity index (χ1n) is 7.76. The predicted octanol–water partition coefficient (Wildman–Crippen LogP) is 2.69. The molecule has 22 heavy (non-hydrogen) atoms. The summed E-state index contributed by atoms with van der Waals surface area (Å²) in [5.41, 5.74) is 3.33. The minimum atomic E-state index is 0.586. The van der Waals surface area contributed by atoms with Crippen LogP contribution in [0.1, 0.15) is 23.9 Å². The number of aromatic nitrogens is 1. The number of benzene rings is 1. The molecule has 0 aliphatic heterocycles. The molecule has 2 rings (SSSR count). The lowest BCUT2D eigenvalue weighted by molar-refractivity contribution is 0.796. The number of nitrogens with one attached hydrogen (secondary N) is 2. The summed E-state index contributed by atoms with van der Waals surface area (Å²) in [5.74, 6) is 0.835. The summed E-state index contributed by atoms with van der Waals surface area (Å²) in [4.78, 5) is 9.06. The molecule has 0 aliphatic carbocycles. The quantitative estimate of drug-likeness (QED) is 0.636. The van der Waals surface area contributed by atoms with Gasteiger partial charge in [-0.25, -0.2) is 4.99 Å². The second-order valence-corrected chi connectivity index (χ2v) is 5.13. The highest BCUT2D eigenvalue weighted by atomic mass is 15.2. The SMILES string of the molecule is CCNC(=NCc1cccc(C)n1)NCCc1ccccc1. The zero-order chi connectivity index (χ0) is 15.6. The van der Waals surface area contributed by atoms with Gasteiger partial charge in [0.1, 0.15) is 0 Å². The summed E-state index contributed by atoms with van der Waals surface area (Å²) >= 11 is 0. The molecule has 0 saturated carbocycles. The van der Waals surface area contributed by atoms with Crippen LogP contribution in [0.15, 0.2) is 53.5 Å². The fraction of sp³-hybridized carbons (Fsp3) is 0.333. The number of hydrogen-bond donors (Lipinski definition) is 2. The Hall–Kier alpha value is -2.36. The molecule has 0 atom stereocenters. The van der Waals surface area contributed by atoms with Crippen molar-refractivity contribution in [3.63, 3.8) is 0 Å². The lowest BCUT2D eigenvalue weighted by Gasteiger charge is -2.11. The minimum Gasteiger partial charge on any atom is -0.357 e. The molecule has 2 N–H and O–H groups in total. The van der Waals surface area contributed by atoms with Crippen molar-refractivity contribution in [1.82, 2.24) is 15.6 Å². The summed E-state index contributed by atoms with van der Waals surface area (Å²) in [6.45, 7) is 6.35. The molecule has 4 nitrogen and oxygen atoms in total. The molecule has 0 unspecified atom stereocenters. The van der Waals surface area contributed by atoms with Gasteiger partial charge in [-0.3, -0.25) is 4.98 Å². The van der Waals surface area contributed by atoms with Crippen molar-refractivity contribution in [3.05, 3.63) is 65.5 Å². The van der Waals surface area contributed by atoms with Crippen molar-refractivity contribution in [1.29, 1.82) is 0 Å². The predicted molar refractivity (Wildman–Crippen MR) is 91.9 cm³/mol. The highest BCUT2D eigenvalue weighted by molar-refractivity contribution is 5.79. The van der Waals surface area contributed by atoms with Gasteiger partial charge in [-0.05, 0) is 38.0 Å². The maximum atomic E-state index is 4.59. The van der Waals surface area contributed by atoms with E-state index < -0.39 is 0 Å². The zero-order valence-corrected chi connectivity index (χ0v) is 13.3. The summed E-state index contributed by atoms with van der Waals surface area (Å²) < 4.78 is 0. The molecule has 0 bridgehead atoms. The van der Waals surface area contributed by atoms with E-state index in [0.717, 1.165) is 36.9 Å². The van der Waals surface area contributed by atoms with Gasteiger partial charge in [0.2, 0.25) is 0 Å². The normalized spacial score (nSPS) is 11.3. The van der Waals surface area contributed by atoms with Crippen LogP contribution in [0.5, 0.6) is 0 Å². The molecule has 0 fully saturated rings. The molecule has 1 heterocycles. The summed E-state index contributed by atoms with van der Waals surface area (Å²) in [6, 6.07) is 16.5. The van der Waals surface area contributed by atoms with Crippen LogP contribution in [0, 0.1) is 6.92 Å². The van der Waals surface area contributed by atoms with E-state index in [1.807, 2.05) is 31.2 Å². The summed E-state index contributed by atoms with van der Waals surface area (Å²) in [7, 11) is 0. The van der Waals surface area contributed by atoms with Gasteiger partial charge in [-0.1, -0.05) is 36.4 Å². The van der Waals surface area contributed by atoms with E-state index >= 15 is 0 Å². The highest BCUT2D eigenvalue weighted by Gasteiger charge is 1.99. The van der Waals surface area contributed by atoms with Crippen LogP contribution in [0.3, 0.4) is 0 Å². The second kappa shape index (κ2) is 8.82. The van der Waals surface area contributed by atoms with Gasteiger partial charge in [0.15, 0.2) is 5.96 Å². The zero-order valence-electron chi connectivity index (χ0n) is 13.3. The standard InChI is InChI=1S/C18H24N4/c1-3-19-18(20-13-12-16-9-5-4-6-10-16)21-14-17-11-7-8-15(2)22-17/h4-11H,3,12-14H2,1-2H3,(H2,19,20,21). The molecular formula is C18H24N4. The van der Waals surface area contributed by atoms with E-state index in [9.17, 15) is 0 Å². The molecule has 1 aromatic carbocycles.